The largest absolute Gasteiger partial charge is 0.395 e. The van der Waals surface area contributed by atoms with Gasteiger partial charge in [0, 0.05) is 12.6 Å². The van der Waals surface area contributed by atoms with E-state index in [0.717, 1.165) is 38.5 Å². The number of nitrogens with zero attached hydrogens (tertiary/aromatic N) is 1. The minimum Gasteiger partial charge on any atom is -0.395 e. The first-order valence-electron chi connectivity index (χ1n) is 5.78. The minimum absolute atomic E-state index is 0.0358. The number of hydrogen-bond donors (Lipinski definition) is 1. The molecule has 0 radical (unpaired) electrons. The molecule has 2 aliphatic rings. The average Bonchev–Trinajstić information content (AvgIpc) is 3.04. The maximum absolute atomic E-state index is 12.1. The molecule has 15 heavy (non-hydrogen) atoms. The van der Waals surface area contributed by atoms with Crippen molar-refractivity contribution in [1.82, 2.24) is 4.31 Å². The van der Waals surface area contributed by atoms with Crippen molar-refractivity contribution in [3.8, 4) is 0 Å². The molecule has 0 amide bonds. The second kappa shape index (κ2) is 4.39. The van der Waals surface area contributed by atoms with Crippen molar-refractivity contribution in [2.45, 2.75) is 49.8 Å². The van der Waals surface area contributed by atoms with Crippen LogP contribution in [0.3, 0.4) is 0 Å². The average molecular weight is 233 g/mol. The first-order chi connectivity index (χ1) is 7.16. The van der Waals surface area contributed by atoms with E-state index >= 15 is 0 Å². The Bertz CT molecular complexity index is 311. The lowest BCUT2D eigenvalue weighted by molar-refractivity contribution is 0.186. The smallest absolute Gasteiger partial charge is 0.217 e. The van der Waals surface area contributed by atoms with Gasteiger partial charge in [-0.15, -0.1) is 0 Å². The number of rotatable bonds is 3. The molecular weight excluding hydrogens is 214 g/mol. The van der Waals surface area contributed by atoms with Gasteiger partial charge in [-0.25, -0.2) is 8.42 Å². The van der Waals surface area contributed by atoms with Crippen molar-refractivity contribution in [2.24, 2.45) is 0 Å². The maximum Gasteiger partial charge on any atom is 0.217 e. The summed E-state index contributed by atoms with van der Waals surface area (Å²) in [5.74, 6) is 0. The summed E-state index contributed by atoms with van der Waals surface area (Å²) in [6.07, 6.45) is 5.45. The zero-order chi connectivity index (χ0) is 10.9. The third-order valence-corrected chi connectivity index (χ3v) is 5.75. The molecule has 0 aromatic heterocycles. The summed E-state index contributed by atoms with van der Waals surface area (Å²) in [6, 6.07) is -0.168. The van der Waals surface area contributed by atoms with Crippen LogP contribution < -0.4 is 0 Å². The Morgan fingerprint density at radius 2 is 1.87 bits per heavy atom. The van der Waals surface area contributed by atoms with Crippen molar-refractivity contribution in [3.05, 3.63) is 0 Å². The van der Waals surface area contributed by atoms with Gasteiger partial charge in [-0.1, -0.05) is 12.8 Å². The van der Waals surface area contributed by atoms with Crippen LogP contribution in [0, 0.1) is 0 Å². The van der Waals surface area contributed by atoms with Gasteiger partial charge in [0.1, 0.15) is 0 Å². The van der Waals surface area contributed by atoms with Crippen LogP contribution in [0.25, 0.3) is 0 Å². The van der Waals surface area contributed by atoms with E-state index in [0.29, 0.717) is 6.54 Å². The SMILES string of the molecule is O=S(=O)(C1CC1)N1CCCCCC1CO. The molecular formula is C10H19NO3S. The summed E-state index contributed by atoms with van der Waals surface area (Å²) >= 11 is 0. The summed E-state index contributed by atoms with van der Waals surface area (Å²) < 4.78 is 25.7. The topological polar surface area (TPSA) is 57.6 Å². The lowest BCUT2D eigenvalue weighted by Gasteiger charge is -2.27. The zero-order valence-corrected chi connectivity index (χ0v) is 9.75. The van der Waals surface area contributed by atoms with Crippen molar-refractivity contribution >= 4 is 10.0 Å². The highest BCUT2D eigenvalue weighted by molar-refractivity contribution is 7.90. The highest BCUT2D eigenvalue weighted by Gasteiger charge is 2.42. The van der Waals surface area contributed by atoms with Crippen molar-refractivity contribution in [1.29, 1.82) is 0 Å². The standard InChI is InChI=1S/C10H19NO3S/c12-8-9-4-2-1-3-7-11(9)15(13,14)10-5-6-10/h9-10,12H,1-8H2. The third-order valence-electron chi connectivity index (χ3n) is 3.31. The first kappa shape index (κ1) is 11.4. The van der Waals surface area contributed by atoms with Gasteiger partial charge in [-0.2, -0.15) is 4.31 Å². The molecule has 4 nitrogen and oxygen atoms in total. The van der Waals surface area contributed by atoms with Crippen LogP contribution in [0.1, 0.15) is 38.5 Å². The molecule has 1 aliphatic heterocycles. The van der Waals surface area contributed by atoms with Gasteiger partial charge in [0.25, 0.3) is 0 Å². The van der Waals surface area contributed by atoms with E-state index in [4.69, 9.17) is 0 Å². The molecule has 1 aliphatic carbocycles. The number of aliphatic hydroxyl groups is 1. The Balaban J connectivity index is 2.15. The van der Waals surface area contributed by atoms with Crippen LogP contribution in [0.4, 0.5) is 0 Å². The first-order valence-corrected chi connectivity index (χ1v) is 7.28. The van der Waals surface area contributed by atoms with Crippen LogP contribution in [0.15, 0.2) is 0 Å². The highest BCUT2D eigenvalue weighted by atomic mass is 32.2. The summed E-state index contributed by atoms with van der Waals surface area (Å²) in [4.78, 5) is 0. The number of hydrogen-bond acceptors (Lipinski definition) is 3. The normalized spacial score (nSPS) is 30.1. The Hall–Kier alpha value is -0.130. The Morgan fingerprint density at radius 3 is 2.47 bits per heavy atom. The van der Waals surface area contributed by atoms with Gasteiger partial charge in [-0.05, 0) is 25.7 Å². The molecule has 1 unspecified atom stereocenters. The highest BCUT2D eigenvalue weighted by Crippen LogP contribution is 2.33. The second-order valence-electron chi connectivity index (χ2n) is 4.54. The molecule has 0 aromatic rings. The fourth-order valence-electron chi connectivity index (χ4n) is 2.23. The van der Waals surface area contributed by atoms with Crippen LogP contribution >= 0.6 is 0 Å². The second-order valence-corrected chi connectivity index (χ2v) is 6.71. The van der Waals surface area contributed by atoms with E-state index in [-0.39, 0.29) is 17.9 Å². The minimum atomic E-state index is -3.10. The molecule has 5 heteroatoms. The van der Waals surface area contributed by atoms with E-state index in [1.807, 2.05) is 0 Å². The third kappa shape index (κ3) is 2.34. The molecule has 2 fully saturated rings. The monoisotopic (exact) mass is 233 g/mol. The van der Waals surface area contributed by atoms with Gasteiger partial charge >= 0.3 is 0 Å². The Morgan fingerprint density at radius 1 is 1.13 bits per heavy atom. The summed E-state index contributed by atoms with van der Waals surface area (Å²) in [5.41, 5.74) is 0. The van der Waals surface area contributed by atoms with E-state index in [1.54, 1.807) is 4.31 Å². The van der Waals surface area contributed by atoms with Gasteiger partial charge in [0.2, 0.25) is 10.0 Å². The van der Waals surface area contributed by atoms with Crippen LogP contribution in [-0.4, -0.2) is 42.3 Å². The van der Waals surface area contributed by atoms with Gasteiger partial charge in [0.15, 0.2) is 0 Å². The predicted molar refractivity (Wildman–Crippen MR) is 58.0 cm³/mol. The zero-order valence-electron chi connectivity index (χ0n) is 8.93. The number of sulfonamides is 1. The van der Waals surface area contributed by atoms with Crippen LogP contribution in [0.2, 0.25) is 0 Å². The molecule has 1 N–H and O–H groups in total. The molecule has 1 saturated heterocycles. The predicted octanol–water partition coefficient (Wildman–Crippen LogP) is 0.716. The molecule has 1 atom stereocenters. The van der Waals surface area contributed by atoms with Crippen molar-refractivity contribution in [2.75, 3.05) is 13.2 Å². The van der Waals surface area contributed by atoms with Gasteiger partial charge in [0.05, 0.1) is 11.9 Å². The Labute approximate surface area is 91.3 Å². The van der Waals surface area contributed by atoms with Gasteiger partial charge in [-0.3, -0.25) is 0 Å². The Kier molecular flexibility index (Phi) is 3.33. The molecule has 0 spiro atoms. The van der Waals surface area contributed by atoms with E-state index in [9.17, 15) is 13.5 Å². The molecule has 0 aromatic carbocycles. The summed E-state index contributed by atoms with van der Waals surface area (Å²) in [6.45, 7) is 0.565. The summed E-state index contributed by atoms with van der Waals surface area (Å²) in [7, 11) is -3.10. The van der Waals surface area contributed by atoms with Crippen LogP contribution in [-0.2, 0) is 10.0 Å². The molecule has 88 valence electrons. The lowest BCUT2D eigenvalue weighted by Crippen LogP contribution is -2.43. The molecule has 2 rings (SSSR count). The van der Waals surface area contributed by atoms with Crippen LogP contribution in [0.5, 0.6) is 0 Å². The fraction of sp³-hybridized carbons (Fsp3) is 1.00. The molecule has 1 heterocycles. The fourth-order valence-corrected chi connectivity index (χ4v) is 4.31. The van der Waals surface area contributed by atoms with E-state index < -0.39 is 10.0 Å². The molecule has 1 saturated carbocycles. The van der Waals surface area contributed by atoms with Gasteiger partial charge < -0.3 is 5.11 Å². The lowest BCUT2D eigenvalue weighted by atomic mass is 10.1. The summed E-state index contributed by atoms with van der Waals surface area (Å²) in [5, 5.41) is 9.10. The van der Waals surface area contributed by atoms with E-state index in [2.05, 4.69) is 0 Å². The van der Waals surface area contributed by atoms with E-state index in [1.165, 1.54) is 0 Å². The van der Waals surface area contributed by atoms with Crippen molar-refractivity contribution in [3.63, 3.8) is 0 Å². The van der Waals surface area contributed by atoms with Crippen molar-refractivity contribution < 1.29 is 13.5 Å². The number of aliphatic hydroxyl groups excluding tert-OH is 1. The maximum atomic E-state index is 12.1. The molecule has 0 bridgehead atoms. The quantitative estimate of drug-likeness (QED) is 0.781.